The lowest BCUT2D eigenvalue weighted by molar-refractivity contribution is -0.140. The van der Waals surface area contributed by atoms with Gasteiger partial charge in [0.1, 0.15) is 10.5 Å². The number of hydrogen-bond acceptors (Lipinski definition) is 2. The maximum Gasteiger partial charge on any atom is 0.433 e. The van der Waals surface area contributed by atoms with Crippen LogP contribution in [0.3, 0.4) is 0 Å². The van der Waals surface area contributed by atoms with Crippen LogP contribution in [0.25, 0.3) is 20.7 Å². The highest BCUT2D eigenvalue weighted by molar-refractivity contribution is 9.10. The molecule has 0 spiro atoms. The fraction of sp³-hybridized carbons (Fsp3) is 0.188. The molecule has 0 aliphatic carbocycles. The minimum atomic E-state index is -4.41. The van der Waals surface area contributed by atoms with Gasteiger partial charge in [0.25, 0.3) is 0 Å². The zero-order valence-electron chi connectivity index (χ0n) is 11.5. The number of aromatic nitrogens is 1. The van der Waals surface area contributed by atoms with Crippen LogP contribution in [-0.4, -0.2) is 4.98 Å². The standard InChI is InChI=1S/C16H11BrF3NS/c1-2-11-12-7-8-13(16(18,19)20)21-15(12)22-14(11)9-3-5-10(17)6-4-9/h3-8H,2H2,1H3. The van der Waals surface area contributed by atoms with Gasteiger partial charge in [-0.1, -0.05) is 35.0 Å². The van der Waals surface area contributed by atoms with Crippen molar-refractivity contribution in [3.8, 4) is 10.4 Å². The maximum atomic E-state index is 12.8. The van der Waals surface area contributed by atoms with Gasteiger partial charge in [-0.15, -0.1) is 11.3 Å². The van der Waals surface area contributed by atoms with Crippen LogP contribution in [0.15, 0.2) is 40.9 Å². The summed E-state index contributed by atoms with van der Waals surface area (Å²) in [6.45, 7) is 2.00. The van der Waals surface area contributed by atoms with Gasteiger partial charge in [-0.05, 0) is 41.8 Å². The summed E-state index contributed by atoms with van der Waals surface area (Å²) in [5.74, 6) is 0. The topological polar surface area (TPSA) is 12.9 Å². The molecule has 114 valence electrons. The summed E-state index contributed by atoms with van der Waals surface area (Å²) >= 11 is 4.70. The first kappa shape index (κ1) is 15.5. The molecule has 1 nitrogen and oxygen atoms in total. The molecule has 0 unspecified atom stereocenters. The summed E-state index contributed by atoms with van der Waals surface area (Å²) in [4.78, 5) is 5.22. The van der Waals surface area contributed by atoms with Gasteiger partial charge in [0, 0.05) is 14.7 Å². The second-order valence-corrected chi connectivity index (χ2v) is 6.73. The van der Waals surface area contributed by atoms with E-state index in [1.54, 1.807) is 0 Å². The Kier molecular flexibility index (Phi) is 3.99. The van der Waals surface area contributed by atoms with Crippen LogP contribution >= 0.6 is 27.3 Å². The number of fused-ring (bicyclic) bond motifs is 1. The van der Waals surface area contributed by atoms with E-state index in [2.05, 4.69) is 20.9 Å². The summed E-state index contributed by atoms with van der Waals surface area (Å²) < 4.78 is 39.4. The van der Waals surface area contributed by atoms with Crippen molar-refractivity contribution >= 4 is 37.5 Å². The predicted molar refractivity (Wildman–Crippen MR) is 87.1 cm³/mol. The number of halogens is 4. The Balaban J connectivity index is 2.20. The van der Waals surface area contributed by atoms with E-state index in [4.69, 9.17) is 0 Å². The maximum absolute atomic E-state index is 12.8. The van der Waals surface area contributed by atoms with Crippen LogP contribution < -0.4 is 0 Å². The normalized spacial score (nSPS) is 12.0. The van der Waals surface area contributed by atoms with Gasteiger partial charge in [-0.25, -0.2) is 4.98 Å². The Morgan fingerprint density at radius 2 is 1.77 bits per heavy atom. The van der Waals surface area contributed by atoms with Crippen molar-refractivity contribution in [3.05, 3.63) is 52.1 Å². The van der Waals surface area contributed by atoms with Crippen LogP contribution in [0.1, 0.15) is 18.2 Å². The van der Waals surface area contributed by atoms with Gasteiger partial charge in [0.15, 0.2) is 0 Å². The van der Waals surface area contributed by atoms with Crippen molar-refractivity contribution in [2.45, 2.75) is 19.5 Å². The molecule has 0 radical (unpaired) electrons. The molecule has 2 heterocycles. The highest BCUT2D eigenvalue weighted by atomic mass is 79.9. The number of pyridine rings is 1. The first-order valence-corrected chi connectivity index (χ1v) is 8.26. The third-order valence-corrected chi connectivity index (χ3v) is 5.13. The van der Waals surface area contributed by atoms with E-state index in [1.807, 2.05) is 31.2 Å². The Hall–Kier alpha value is -1.40. The van der Waals surface area contributed by atoms with Gasteiger partial charge in [-0.3, -0.25) is 0 Å². The average molecular weight is 386 g/mol. The van der Waals surface area contributed by atoms with Crippen LogP contribution in [0.4, 0.5) is 13.2 Å². The molecule has 0 saturated carbocycles. The Labute approximate surface area is 137 Å². The number of rotatable bonds is 2. The second-order valence-electron chi connectivity index (χ2n) is 4.82. The van der Waals surface area contributed by atoms with E-state index in [-0.39, 0.29) is 0 Å². The van der Waals surface area contributed by atoms with Gasteiger partial charge in [-0.2, -0.15) is 13.2 Å². The van der Waals surface area contributed by atoms with Crippen LogP contribution in [-0.2, 0) is 12.6 Å². The summed E-state index contributed by atoms with van der Waals surface area (Å²) in [5.41, 5.74) is 1.20. The number of alkyl halides is 3. The van der Waals surface area contributed by atoms with Crippen LogP contribution in [0.2, 0.25) is 0 Å². The third kappa shape index (κ3) is 2.77. The molecule has 0 fully saturated rings. The number of thiophene rings is 1. The van der Waals surface area contributed by atoms with Gasteiger partial charge in [0.05, 0.1) is 0 Å². The molecule has 2 aromatic heterocycles. The lowest BCUT2D eigenvalue weighted by Crippen LogP contribution is -2.07. The number of benzene rings is 1. The molecular formula is C16H11BrF3NS. The molecule has 0 saturated heterocycles. The lowest BCUT2D eigenvalue weighted by atomic mass is 10.0. The first-order chi connectivity index (χ1) is 10.4. The molecular weight excluding hydrogens is 375 g/mol. The molecule has 3 aromatic rings. The van der Waals surface area contributed by atoms with Crippen LogP contribution in [0.5, 0.6) is 0 Å². The van der Waals surface area contributed by atoms with E-state index in [0.717, 1.165) is 38.4 Å². The molecule has 0 aliphatic rings. The van der Waals surface area contributed by atoms with Gasteiger partial charge >= 0.3 is 6.18 Å². The minimum Gasteiger partial charge on any atom is -0.232 e. The monoisotopic (exact) mass is 385 g/mol. The van der Waals surface area contributed by atoms with Crippen molar-refractivity contribution in [1.82, 2.24) is 4.98 Å². The summed E-state index contributed by atoms with van der Waals surface area (Å²) in [6, 6.07) is 10.3. The van der Waals surface area contributed by atoms with E-state index >= 15 is 0 Å². The van der Waals surface area contributed by atoms with Gasteiger partial charge in [0.2, 0.25) is 0 Å². The second kappa shape index (κ2) is 5.66. The predicted octanol–water partition coefficient (Wildman–Crippen LogP) is 6.31. The van der Waals surface area contributed by atoms with E-state index < -0.39 is 11.9 Å². The molecule has 22 heavy (non-hydrogen) atoms. The van der Waals surface area contributed by atoms with Crippen molar-refractivity contribution < 1.29 is 13.2 Å². The number of aryl methyl sites for hydroxylation is 1. The minimum absolute atomic E-state index is 0.435. The number of hydrogen-bond donors (Lipinski definition) is 0. The largest absolute Gasteiger partial charge is 0.433 e. The van der Waals surface area contributed by atoms with Crippen LogP contribution in [0, 0.1) is 0 Å². The summed E-state index contributed by atoms with van der Waals surface area (Å²) in [5, 5.41) is 0.804. The van der Waals surface area contributed by atoms with Crippen molar-refractivity contribution in [1.29, 1.82) is 0 Å². The Morgan fingerprint density at radius 1 is 1.09 bits per heavy atom. The summed E-state index contributed by atoms with van der Waals surface area (Å²) in [7, 11) is 0. The Bertz CT molecular complexity index is 822. The highest BCUT2D eigenvalue weighted by Gasteiger charge is 2.33. The smallest absolute Gasteiger partial charge is 0.232 e. The van der Waals surface area contributed by atoms with Gasteiger partial charge < -0.3 is 0 Å². The fourth-order valence-corrected chi connectivity index (χ4v) is 3.91. The molecule has 6 heteroatoms. The molecule has 0 aliphatic heterocycles. The lowest BCUT2D eigenvalue weighted by Gasteiger charge is -2.05. The quantitative estimate of drug-likeness (QED) is 0.503. The molecule has 0 bridgehead atoms. The summed E-state index contributed by atoms with van der Waals surface area (Å²) in [6.07, 6.45) is -3.67. The van der Waals surface area contributed by atoms with E-state index in [9.17, 15) is 13.2 Å². The van der Waals surface area contributed by atoms with Crippen molar-refractivity contribution in [2.24, 2.45) is 0 Å². The highest BCUT2D eigenvalue weighted by Crippen LogP contribution is 2.40. The zero-order chi connectivity index (χ0) is 15.9. The zero-order valence-corrected chi connectivity index (χ0v) is 13.9. The fourth-order valence-electron chi connectivity index (χ4n) is 2.37. The Morgan fingerprint density at radius 3 is 2.36 bits per heavy atom. The van der Waals surface area contributed by atoms with Crippen molar-refractivity contribution in [3.63, 3.8) is 0 Å². The number of nitrogens with zero attached hydrogens (tertiary/aromatic N) is 1. The molecule has 1 aromatic carbocycles. The van der Waals surface area contributed by atoms with Crippen molar-refractivity contribution in [2.75, 3.05) is 0 Å². The third-order valence-electron chi connectivity index (χ3n) is 3.41. The average Bonchev–Trinajstić information content (AvgIpc) is 2.84. The molecule has 0 atom stereocenters. The first-order valence-electron chi connectivity index (χ1n) is 6.65. The molecule has 0 amide bonds. The van der Waals surface area contributed by atoms with E-state index in [0.29, 0.717) is 4.83 Å². The molecule has 3 rings (SSSR count). The van der Waals surface area contributed by atoms with E-state index in [1.165, 1.54) is 17.4 Å². The SMILES string of the molecule is CCc1c(-c2ccc(Br)cc2)sc2nc(C(F)(F)F)ccc12. The molecule has 0 N–H and O–H groups in total.